The third-order valence-electron chi connectivity index (χ3n) is 1.65. The van der Waals surface area contributed by atoms with Crippen molar-refractivity contribution in [3.05, 3.63) is 16.1 Å². The predicted octanol–water partition coefficient (Wildman–Crippen LogP) is 0.764. The predicted molar refractivity (Wildman–Crippen MR) is 60.3 cm³/mol. The van der Waals surface area contributed by atoms with Crippen molar-refractivity contribution in [2.24, 2.45) is 0 Å². The normalized spacial score (nSPS) is 10.0. The van der Waals surface area contributed by atoms with Crippen LogP contribution in [0.15, 0.2) is 5.38 Å². The van der Waals surface area contributed by atoms with E-state index in [1.54, 1.807) is 11.3 Å². The van der Waals surface area contributed by atoms with E-state index < -0.39 is 0 Å². The Hall–Kier alpha value is -0.890. The van der Waals surface area contributed by atoms with Crippen LogP contribution >= 0.6 is 11.3 Å². The third kappa shape index (κ3) is 4.38. The van der Waals surface area contributed by atoms with Crippen LogP contribution in [0.25, 0.3) is 0 Å². The Balaban J connectivity index is 2.02. The molecule has 0 bridgehead atoms. The average molecular weight is 209 g/mol. The smallest absolute Gasteiger partial charge is 0.107 e. The molecule has 0 fully saturated rings. The molecule has 0 saturated carbocycles. The first-order chi connectivity index (χ1) is 6.83. The van der Waals surface area contributed by atoms with Crippen LogP contribution < -0.4 is 10.6 Å². The molecule has 1 aromatic rings. The van der Waals surface area contributed by atoms with Gasteiger partial charge in [-0.1, -0.05) is 5.92 Å². The summed E-state index contributed by atoms with van der Waals surface area (Å²) < 4.78 is 0. The molecule has 0 amide bonds. The maximum absolute atomic E-state index is 5.10. The van der Waals surface area contributed by atoms with E-state index in [1.807, 2.05) is 6.92 Å². The molecule has 0 aromatic carbocycles. The van der Waals surface area contributed by atoms with E-state index in [4.69, 9.17) is 6.42 Å². The van der Waals surface area contributed by atoms with Crippen molar-refractivity contribution >= 4 is 11.3 Å². The van der Waals surface area contributed by atoms with Gasteiger partial charge in [-0.3, -0.25) is 0 Å². The zero-order chi connectivity index (χ0) is 10.2. The van der Waals surface area contributed by atoms with Crippen LogP contribution in [0.5, 0.6) is 0 Å². The first-order valence-corrected chi connectivity index (χ1v) is 5.47. The van der Waals surface area contributed by atoms with E-state index in [-0.39, 0.29) is 0 Å². The Morgan fingerprint density at radius 1 is 1.50 bits per heavy atom. The number of thiazole rings is 1. The van der Waals surface area contributed by atoms with E-state index in [0.29, 0.717) is 6.54 Å². The summed E-state index contributed by atoms with van der Waals surface area (Å²) in [4.78, 5) is 4.35. The second-order valence-electron chi connectivity index (χ2n) is 2.94. The van der Waals surface area contributed by atoms with Gasteiger partial charge in [0, 0.05) is 30.7 Å². The molecular weight excluding hydrogens is 194 g/mol. The fourth-order valence-corrected chi connectivity index (χ4v) is 1.76. The zero-order valence-corrected chi connectivity index (χ0v) is 9.16. The van der Waals surface area contributed by atoms with Crippen molar-refractivity contribution in [1.29, 1.82) is 0 Å². The summed E-state index contributed by atoms with van der Waals surface area (Å²) in [7, 11) is 0. The molecule has 0 radical (unpaired) electrons. The van der Waals surface area contributed by atoms with Gasteiger partial charge in [0.25, 0.3) is 0 Å². The Kier molecular flexibility index (Phi) is 5.23. The van der Waals surface area contributed by atoms with Gasteiger partial charge in [-0.15, -0.1) is 17.8 Å². The number of nitrogens with zero attached hydrogens (tertiary/aromatic N) is 1. The van der Waals surface area contributed by atoms with Crippen molar-refractivity contribution in [2.45, 2.75) is 13.5 Å². The van der Waals surface area contributed by atoms with Gasteiger partial charge < -0.3 is 10.6 Å². The van der Waals surface area contributed by atoms with Gasteiger partial charge in [0.1, 0.15) is 5.01 Å². The SMILES string of the molecule is C#CCNCCNCc1nc(C)cs1. The minimum Gasteiger partial charge on any atom is -0.309 e. The molecule has 0 aliphatic rings. The van der Waals surface area contributed by atoms with Crippen molar-refractivity contribution in [1.82, 2.24) is 15.6 Å². The van der Waals surface area contributed by atoms with Gasteiger partial charge >= 0.3 is 0 Å². The Labute approximate surface area is 88.9 Å². The minimum absolute atomic E-state index is 0.637. The summed E-state index contributed by atoms with van der Waals surface area (Å²) in [5.74, 6) is 2.53. The van der Waals surface area contributed by atoms with Crippen molar-refractivity contribution < 1.29 is 0 Å². The first kappa shape index (κ1) is 11.2. The lowest BCUT2D eigenvalue weighted by Gasteiger charge is -2.01. The second kappa shape index (κ2) is 6.55. The molecule has 1 heterocycles. The summed E-state index contributed by atoms with van der Waals surface area (Å²) in [5.41, 5.74) is 1.09. The lowest BCUT2D eigenvalue weighted by atomic mass is 10.5. The van der Waals surface area contributed by atoms with Crippen LogP contribution in [0.4, 0.5) is 0 Å². The number of nitrogens with one attached hydrogen (secondary N) is 2. The fourth-order valence-electron chi connectivity index (χ4n) is 1.02. The van der Waals surface area contributed by atoms with Gasteiger partial charge in [0.05, 0.1) is 6.54 Å². The van der Waals surface area contributed by atoms with Crippen LogP contribution in [-0.4, -0.2) is 24.6 Å². The molecule has 0 unspecified atom stereocenters. The molecule has 1 rings (SSSR count). The van der Waals surface area contributed by atoms with Gasteiger partial charge in [-0.25, -0.2) is 4.98 Å². The molecule has 76 valence electrons. The van der Waals surface area contributed by atoms with E-state index in [9.17, 15) is 0 Å². The van der Waals surface area contributed by atoms with Crippen LogP contribution in [-0.2, 0) is 6.54 Å². The highest BCUT2D eigenvalue weighted by Crippen LogP contribution is 2.07. The molecule has 0 atom stereocenters. The van der Waals surface area contributed by atoms with Crippen LogP contribution in [0.2, 0.25) is 0 Å². The van der Waals surface area contributed by atoms with Crippen LogP contribution in [0.1, 0.15) is 10.7 Å². The lowest BCUT2D eigenvalue weighted by molar-refractivity contribution is 0.636. The summed E-state index contributed by atoms with van der Waals surface area (Å²) in [6.07, 6.45) is 5.10. The minimum atomic E-state index is 0.637. The molecule has 0 spiro atoms. The number of rotatable bonds is 6. The number of terminal acetylenes is 1. The summed E-state index contributed by atoms with van der Waals surface area (Å²) in [5, 5.41) is 9.60. The highest BCUT2D eigenvalue weighted by atomic mass is 32.1. The molecule has 2 N–H and O–H groups in total. The van der Waals surface area contributed by atoms with E-state index in [2.05, 4.69) is 26.9 Å². The molecule has 0 aliphatic heterocycles. The van der Waals surface area contributed by atoms with Crippen LogP contribution in [0, 0.1) is 19.3 Å². The van der Waals surface area contributed by atoms with Gasteiger partial charge in [-0.05, 0) is 6.92 Å². The van der Waals surface area contributed by atoms with Crippen LogP contribution in [0.3, 0.4) is 0 Å². The van der Waals surface area contributed by atoms with Gasteiger partial charge in [0.15, 0.2) is 0 Å². The van der Waals surface area contributed by atoms with Crippen molar-refractivity contribution in [3.8, 4) is 12.3 Å². The van der Waals surface area contributed by atoms with Crippen molar-refractivity contribution in [3.63, 3.8) is 0 Å². The lowest BCUT2D eigenvalue weighted by Crippen LogP contribution is -2.27. The van der Waals surface area contributed by atoms with Gasteiger partial charge in [0.2, 0.25) is 0 Å². The molecule has 4 heteroatoms. The monoisotopic (exact) mass is 209 g/mol. The Morgan fingerprint density at radius 3 is 2.93 bits per heavy atom. The number of hydrogen-bond acceptors (Lipinski definition) is 4. The largest absolute Gasteiger partial charge is 0.309 e. The average Bonchev–Trinajstić information content (AvgIpc) is 2.58. The Bertz CT molecular complexity index is 301. The summed E-state index contributed by atoms with van der Waals surface area (Å²) in [6.45, 7) is 5.30. The van der Waals surface area contributed by atoms with E-state index in [0.717, 1.165) is 30.3 Å². The summed E-state index contributed by atoms with van der Waals surface area (Å²) in [6, 6.07) is 0. The highest BCUT2D eigenvalue weighted by Gasteiger charge is 1.96. The molecule has 14 heavy (non-hydrogen) atoms. The quantitative estimate of drug-likeness (QED) is 0.536. The first-order valence-electron chi connectivity index (χ1n) is 4.59. The van der Waals surface area contributed by atoms with E-state index in [1.165, 1.54) is 0 Å². The molecule has 3 nitrogen and oxygen atoms in total. The van der Waals surface area contributed by atoms with E-state index >= 15 is 0 Å². The van der Waals surface area contributed by atoms with Crippen molar-refractivity contribution in [2.75, 3.05) is 19.6 Å². The standard InChI is InChI=1S/C10H15N3S/c1-3-4-11-5-6-12-7-10-13-9(2)8-14-10/h1,8,11-12H,4-7H2,2H3. The maximum atomic E-state index is 5.10. The number of aryl methyl sites for hydroxylation is 1. The number of hydrogen-bond donors (Lipinski definition) is 2. The maximum Gasteiger partial charge on any atom is 0.107 e. The Morgan fingerprint density at radius 2 is 2.29 bits per heavy atom. The highest BCUT2D eigenvalue weighted by molar-refractivity contribution is 7.09. The molecule has 0 aliphatic carbocycles. The topological polar surface area (TPSA) is 37.0 Å². The summed E-state index contributed by atoms with van der Waals surface area (Å²) >= 11 is 1.69. The third-order valence-corrected chi connectivity index (χ3v) is 2.62. The zero-order valence-electron chi connectivity index (χ0n) is 8.34. The van der Waals surface area contributed by atoms with Gasteiger partial charge in [-0.2, -0.15) is 0 Å². The molecule has 1 aromatic heterocycles. The number of aromatic nitrogens is 1. The molecule has 0 saturated heterocycles. The second-order valence-corrected chi connectivity index (χ2v) is 3.88. The molecular formula is C10H15N3S. The fraction of sp³-hybridized carbons (Fsp3) is 0.500.